The number of carbonyl (C=O) groups excluding carboxylic acids is 2. The van der Waals surface area contributed by atoms with Gasteiger partial charge in [0, 0.05) is 68.2 Å². The molecule has 0 radical (unpaired) electrons. The summed E-state index contributed by atoms with van der Waals surface area (Å²) in [6.07, 6.45) is 1.37. The fourth-order valence-corrected chi connectivity index (χ4v) is 7.57. The SMILES string of the molecule is C[C@@H]1COCCN1C[C@H]1CN(C(=O)OC(C)(C)C)[C@H](C)CN1CC(=O)N1CC(C)(C)c2c1cc(Cc1ccc(F)cc1)c1ncc(C(=O)O)n21. The fourth-order valence-electron chi connectivity index (χ4n) is 7.57. The van der Waals surface area contributed by atoms with Gasteiger partial charge in [0.2, 0.25) is 5.91 Å². The molecule has 1 aromatic carbocycles. The summed E-state index contributed by atoms with van der Waals surface area (Å²) >= 11 is 0. The summed E-state index contributed by atoms with van der Waals surface area (Å²) in [4.78, 5) is 52.9. The fraction of sp³-hybridized carbons (Fsp3) is 0.568. The summed E-state index contributed by atoms with van der Waals surface area (Å²) in [5.41, 5.74) is 2.21. The number of hydrogen-bond acceptors (Lipinski definition) is 8. The highest BCUT2D eigenvalue weighted by atomic mass is 19.1. The van der Waals surface area contributed by atoms with Gasteiger partial charge in [-0.05, 0) is 58.4 Å². The van der Waals surface area contributed by atoms with Gasteiger partial charge in [-0.2, -0.15) is 0 Å². The average Bonchev–Trinajstić information content (AvgIpc) is 3.58. The Kier molecular flexibility index (Phi) is 9.70. The van der Waals surface area contributed by atoms with Crippen molar-refractivity contribution in [3.63, 3.8) is 0 Å². The van der Waals surface area contributed by atoms with Crippen LogP contribution >= 0.6 is 0 Å². The molecule has 12 nitrogen and oxygen atoms in total. The molecule has 3 aliphatic heterocycles. The van der Waals surface area contributed by atoms with Gasteiger partial charge in [-0.25, -0.2) is 19.0 Å². The van der Waals surface area contributed by atoms with Crippen LogP contribution in [0.4, 0.5) is 14.9 Å². The summed E-state index contributed by atoms with van der Waals surface area (Å²) in [5, 5.41) is 10.2. The predicted octanol–water partition coefficient (Wildman–Crippen LogP) is 4.42. The van der Waals surface area contributed by atoms with Crippen LogP contribution in [0.1, 0.15) is 75.8 Å². The van der Waals surface area contributed by atoms with Gasteiger partial charge in [-0.15, -0.1) is 0 Å². The smallest absolute Gasteiger partial charge is 0.410 e. The lowest BCUT2D eigenvalue weighted by atomic mass is 9.90. The maximum atomic E-state index is 14.5. The maximum absolute atomic E-state index is 14.5. The van der Waals surface area contributed by atoms with E-state index in [4.69, 9.17) is 9.47 Å². The second-order valence-corrected chi connectivity index (χ2v) is 15.7. The summed E-state index contributed by atoms with van der Waals surface area (Å²) < 4.78 is 26.9. The van der Waals surface area contributed by atoms with Crippen molar-refractivity contribution in [1.82, 2.24) is 24.1 Å². The molecule has 0 unspecified atom stereocenters. The Bertz CT molecular complexity index is 1770. The molecule has 3 aromatic rings. The van der Waals surface area contributed by atoms with E-state index in [0.717, 1.165) is 17.7 Å². The van der Waals surface area contributed by atoms with Gasteiger partial charge in [0.15, 0.2) is 5.69 Å². The molecule has 13 heteroatoms. The highest BCUT2D eigenvalue weighted by Gasteiger charge is 2.44. The molecular weight excluding hydrogens is 643 g/mol. The molecule has 5 heterocycles. The predicted molar refractivity (Wildman–Crippen MR) is 186 cm³/mol. The first-order valence-electron chi connectivity index (χ1n) is 17.4. The molecule has 0 bridgehead atoms. The monoisotopic (exact) mass is 692 g/mol. The summed E-state index contributed by atoms with van der Waals surface area (Å²) in [5.74, 6) is -1.57. The molecule has 6 rings (SSSR count). The second-order valence-electron chi connectivity index (χ2n) is 15.7. The van der Waals surface area contributed by atoms with Crippen LogP contribution in [0.5, 0.6) is 0 Å². The number of amides is 2. The van der Waals surface area contributed by atoms with Gasteiger partial charge in [0.05, 0.1) is 37.3 Å². The summed E-state index contributed by atoms with van der Waals surface area (Å²) in [7, 11) is 0. The van der Waals surface area contributed by atoms with Crippen molar-refractivity contribution >= 4 is 29.3 Å². The minimum absolute atomic E-state index is 0.0198. The van der Waals surface area contributed by atoms with E-state index in [1.165, 1.54) is 18.3 Å². The third-order valence-corrected chi connectivity index (χ3v) is 10.0. The number of pyridine rings is 1. The van der Waals surface area contributed by atoms with Crippen LogP contribution < -0.4 is 4.90 Å². The lowest BCUT2D eigenvalue weighted by Crippen LogP contribution is -2.64. The molecular formula is C37H49FN6O6. The van der Waals surface area contributed by atoms with E-state index in [0.29, 0.717) is 62.8 Å². The van der Waals surface area contributed by atoms with Gasteiger partial charge in [0.1, 0.15) is 17.1 Å². The number of rotatable bonds is 7. The molecule has 0 saturated carbocycles. The molecule has 2 aromatic heterocycles. The van der Waals surface area contributed by atoms with Crippen molar-refractivity contribution in [1.29, 1.82) is 0 Å². The van der Waals surface area contributed by atoms with Crippen molar-refractivity contribution in [3.05, 3.63) is 64.9 Å². The first-order valence-corrected chi connectivity index (χ1v) is 17.4. The number of carboxylic acids is 1. The number of aromatic carboxylic acids is 1. The normalized spacial score (nSPS) is 22.9. The number of carbonyl (C=O) groups is 3. The van der Waals surface area contributed by atoms with Crippen molar-refractivity contribution in [2.24, 2.45) is 0 Å². The van der Waals surface area contributed by atoms with Crippen LogP contribution in [0.3, 0.4) is 0 Å². The number of piperazine rings is 1. The number of aromatic nitrogens is 2. The highest BCUT2D eigenvalue weighted by Crippen LogP contribution is 2.43. The average molecular weight is 693 g/mol. The van der Waals surface area contributed by atoms with E-state index < -0.39 is 17.0 Å². The van der Waals surface area contributed by atoms with E-state index in [2.05, 4.69) is 21.7 Å². The van der Waals surface area contributed by atoms with E-state index in [1.807, 2.05) is 47.6 Å². The number of benzene rings is 1. The number of anilines is 1. The molecule has 2 saturated heterocycles. The number of morpholine rings is 1. The first-order chi connectivity index (χ1) is 23.5. The molecule has 2 amide bonds. The van der Waals surface area contributed by atoms with Gasteiger partial charge < -0.3 is 24.4 Å². The maximum Gasteiger partial charge on any atom is 0.410 e. The second kappa shape index (κ2) is 13.6. The van der Waals surface area contributed by atoms with Crippen molar-refractivity contribution < 1.29 is 33.4 Å². The quantitative estimate of drug-likeness (QED) is 0.384. The van der Waals surface area contributed by atoms with Crippen molar-refractivity contribution in [2.75, 3.05) is 57.4 Å². The molecule has 3 aliphatic rings. The minimum atomic E-state index is -1.11. The largest absolute Gasteiger partial charge is 0.477 e. The Labute approximate surface area is 292 Å². The van der Waals surface area contributed by atoms with Crippen molar-refractivity contribution in [2.45, 2.75) is 84.0 Å². The Hall–Kier alpha value is -4.07. The summed E-state index contributed by atoms with van der Waals surface area (Å²) in [6, 6.07) is 7.99. The highest BCUT2D eigenvalue weighted by molar-refractivity contribution is 5.98. The number of imidazole rings is 1. The van der Waals surface area contributed by atoms with Crippen LogP contribution in [0.2, 0.25) is 0 Å². The van der Waals surface area contributed by atoms with E-state index in [9.17, 15) is 23.9 Å². The first kappa shape index (κ1) is 35.7. The van der Waals surface area contributed by atoms with Crippen LogP contribution in [0.15, 0.2) is 36.5 Å². The van der Waals surface area contributed by atoms with Crippen LogP contribution in [-0.2, 0) is 26.1 Å². The van der Waals surface area contributed by atoms with Crippen LogP contribution in [0, 0.1) is 5.82 Å². The van der Waals surface area contributed by atoms with Gasteiger partial charge in [-0.1, -0.05) is 26.0 Å². The van der Waals surface area contributed by atoms with Gasteiger partial charge in [-0.3, -0.25) is 19.0 Å². The third-order valence-electron chi connectivity index (χ3n) is 10.0. The Morgan fingerprint density at radius 3 is 2.46 bits per heavy atom. The number of hydrogen-bond donors (Lipinski definition) is 1. The Morgan fingerprint density at radius 1 is 1.08 bits per heavy atom. The molecule has 0 aliphatic carbocycles. The Morgan fingerprint density at radius 2 is 1.80 bits per heavy atom. The molecule has 2 fully saturated rings. The van der Waals surface area contributed by atoms with Crippen molar-refractivity contribution in [3.8, 4) is 0 Å². The molecule has 3 atom stereocenters. The molecule has 50 heavy (non-hydrogen) atoms. The summed E-state index contributed by atoms with van der Waals surface area (Å²) in [6.45, 7) is 17.7. The van der Waals surface area contributed by atoms with Gasteiger partial charge in [0.25, 0.3) is 0 Å². The molecule has 0 spiro atoms. The molecule has 270 valence electrons. The van der Waals surface area contributed by atoms with E-state index in [1.54, 1.807) is 26.3 Å². The zero-order valence-electron chi connectivity index (χ0n) is 30.1. The molecule has 1 N–H and O–H groups in total. The standard InChI is InChI=1S/C37H49FN6O6/c1-23-17-41(28(18-40-12-13-49-21-24(40)2)19-42(23)35(48)50-36(3,4)5)20-31(45)43-22-37(6,7)32-29(43)15-26(14-25-8-10-27(38)11-9-25)33-39-16-30(34(46)47)44(32)33/h8-11,15-16,23-24,28H,12-14,17-22H2,1-7H3,(H,46,47)/t23-,24-,28+/m1/s1. The van der Waals surface area contributed by atoms with E-state index >= 15 is 0 Å². The van der Waals surface area contributed by atoms with Crippen LogP contribution in [-0.4, -0.2) is 123 Å². The number of halogens is 1. The lowest BCUT2D eigenvalue weighted by Gasteiger charge is -2.47. The van der Waals surface area contributed by atoms with Gasteiger partial charge >= 0.3 is 12.1 Å². The Balaban J connectivity index is 1.34. The minimum Gasteiger partial charge on any atom is -0.477 e. The lowest BCUT2D eigenvalue weighted by molar-refractivity contribution is -0.121. The number of fused-ring (bicyclic) bond motifs is 3. The zero-order valence-corrected chi connectivity index (χ0v) is 30.1. The third kappa shape index (κ3) is 7.22. The topological polar surface area (TPSA) is 120 Å². The zero-order chi connectivity index (χ0) is 36.1. The van der Waals surface area contributed by atoms with Crippen LogP contribution in [0.25, 0.3) is 5.65 Å². The number of ether oxygens (including phenoxy) is 2. The number of carboxylic acid groups (broad SMARTS) is 1. The van der Waals surface area contributed by atoms with E-state index in [-0.39, 0.29) is 48.2 Å². The number of nitrogens with zero attached hydrogens (tertiary/aromatic N) is 6.